The van der Waals surface area contributed by atoms with E-state index in [1.54, 1.807) is 18.6 Å². The Labute approximate surface area is 231 Å². The van der Waals surface area contributed by atoms with Gasteiger partial charge in [-0.1, -0.05) is 19.3 Å². The Morgan fingerprint density at radius 1 is 0.975 bits per heavy atom. The van der Waals surface area contributed by atoms with Crippen LogP contribution in [0.3, 0.4) is 0 Å². The number of aromatic amines is 2. The number of amides is 1. The minimum atomic E-state index is 0.0822. The Morgan fingerprint density at radius 3 is 2.65 bits per heavy atom. The third-order valence-electron chi connectivity index (χ3n) is 8.16. The molecule has 2 aliphatic rings. The van der Waals surface area contributed by atoms with E-state index in [1.165, 1.54) is 6.42 Å². The zero-order valence-corrected chi connectivity index (χ0v) is 22.5. The van der Waals surface area contributed by atoms with Gasteiger partial charge in [0.25, 0.3) is 0 Å². The molecule has 0 bridgehead atoms. The van der Waals surface area contributed by atoms with Crippen LogP contribution >= 0.6 is 0 Å². The number of hydrogen-bond acceptors (Lipinski definition) is 8. The monoisotopic (exact) mass is 536 g/mol. The third-order valence-corrected chi connectivity index (χ3v) is 8.16. The fraction of sp³-hybridized carbons (Fsp3) is 0.379. The highest BCUT2D eigenvalue weighted by molar-refractivity contribution is 5.96. The summed E-state index contributed by atoms with van der Waals surface area (Å²) in [6.07, 6.45) is 12.5. The van der Waals surface area contributed by atoms with Gasteiger partial charge in [0.15, 0.2) is 17.1 Å². The average molecular weight is 537 g/mol. The highest BCUT2D eigenvalue weighted by Gasteiger charge is 2.22. The van der Waals surface area contributed by atoms with E-state index in [2.05, 4.69) is 52.3 Å². The topological polar surface area (TPSA) is 132 Å². The molecule has 7 rings (SSSR count). The van der Waals surface area contributed by atoms with E-state index in [-0.39, 0.29) is 11.8 Å². The zero-order chi connectivity index (χ0) is 27.1. The number of piperazine rings is 1. The second kappa shape index (κ2) is 10.3. The lowest BCUT2D eigenvalue weighted by atomic mass is 9.88. The van der Waals surface area contributed by atoms with Crippen LogP contribution < -0.4 is 10.2 Å². The first-order valence-corrected chi connectivity index (χ1v) is 14.0. The van der Waals surface area contributed by atoms with E-state index >= 15 is 0 Å². The largest absolute Gasteiger partial charge is 0.367 e. The molecule has 2 fully saturated rings. The van der Waals surface area contributed by atoms with Crippen LogP contribution in [0.2, 0.25) is 0 Å². The molecule has 1 saturated carbocycles. The van der Waals surface area contributed by atoms with Gasteiger partial charge in [-0.25, -0.2) is 15.0 Å². The predicted octanol–water partition coefficient (Wildman–Crippen LogP) is 4.23. The van der Waals surface area contributed by atoms with Gasteiger partial charge in [-0.3, -0.25) is 14.9 Å². The molecule has 40 heavy (non-hydrogen) atoms. The molecule has 1 amide bonds. The molecule has 0 spiro atoms. The number of anilines is 2. The van der Waals surface area contributed by atoms with Gasteiger partial charge < -0.3 is 20.1 Å². The third kappa shape index (κ3) is 4.66. The average Bonchev–Trinajstić information content (AvgIpc) is 3.62. The standard InChI is InChI=1S/C29H32N10O/c1-38-9-11-39(12-10-38)23-7-8-31-27-25(23)34-28(35-27)24-22-14-20(16-32-26(22)37-36-24)19-13-21(17-30-15-19)33-29(40)18-5-3-2-4-6-18/h7-8,13-18H,2-6,9-12H2,1H3,(H,33,40)(H,31,34,35)(H,32,36,37). The zero-order valence-electron chi connectivity index (χ0n) is 22.5. The van der Waals surface area contributed by atoms with Crippen molar-refractivity contribution in [2.24, 2.45) is 5.92 Å². The van der Waals surface area contributed by atoms with Gasteiger partial charge in [0.2, 0.25) is 5.91 Å². The van der Waals surface area contributed by atoms with Gasteiger partial charge in [-0.05, 0) is 38.1 Å². The van der Waals surface area contributed by atoms with Crippen LogP contribution in [0.25, 0.3) is 44.8 Å². The van der Waals surface area contributed by atoms with Crippen LogP contribution in [0, 0.1) is 5.92 Å². The molecule has 3 N–H and O–H groups in total. The summed E-state index contributed by atoms with van der Waals surface area (Å²) in [5, 5.41) is 11.5. The van der Waals surface area contributed by atoms with Crippen molar-refractivity contribution in [3.05, 3.63) is 43.0 Å². The number of hydrogen-bond donors (Lipinski definition) is 3. The van der Waals surface area contributed by atoms with Crippen molar-refractivity contribution in [2.45, 2.75) is 32.1 Å². The summed E-state index contributed by atoms with van der Waals surface area (Å²) in [5.74, 6) is 0.804. The minimum Gasteiger partial charge on any atom is -0.367 e. The summed E-state index contributed by atoms with van der Waals surface area (Å²) >= 11 is 0. The Morgan fingerprint density at radius 2 is 1.80 bits per heavy atom. The smallest absolute Gasteiger partial charge is 0.227 e. The maximum absolute atomic E-state index is 12.8. The number of imidazole rings is 1. The quantitative estimate of drug-likeness (QED) is 0.304. The molecule has 11 heteroatoms. The summed E-state index contributed by atoms with van der Waals surface area (Å²) in [6.45, 7) is 3.93. The Hall–Kier alpha value is -4.38. The lowest BCUT2D eigenvalue weighted by Gasteiger charge is -2.33. The van der Waals surface area contributed by atoms with Crippen molar-refractivity contribution < 1.29 is 4.79 Å². The highest BCUT2D eigenvalue weighted by atomic mass is 16.1. The maximum atomic E-state index is 12.8. The number of carbonyl (C=O) groups excluding carboxylic acids is 1. The fourth-order valence-corrected chi connectivity index (χ4v) is 5.83. The van der Waals surface area contributed by atoms with E-state index in [1.807, 2.05) is 24.4 Å². The molecular weight excluding hydrogens is 504 g/mol. The second-order valence-corrected chi connectivity index (χ2v) is 10.9. The minimum absolute atomic E-state index is 0.0822. The number of pyridine rings is 3. The van der Waals surface area contributed by atoms with Gasteiger partial charge in [-0.15, -0.1) is 0 Å². The number of rotatable bonds is 5. The first-order chi connectivity index (χ1) is 19.6. The number of fused-ring (bicyclic) bond motifs is 2. The van der Waals surface area contributed by atoms with Crippen molar-refractivity contribution in [3.63, 3.8) is 0 Å². The number of likely N-dealkylation sites (N-methyl/N-ethyl adjacent to an activating group) is 1. The molecule has 0 atom stereocenters. The molecule has 1 aliphatic carbocycles. The molecule has 5 aromatic rings. The van der Waals surface area contributed by atoms with Crippen molar-refractivity contribution in [1.29, 1.82) is 0 Å². The Balaban J connectivity index is 1.19. The molecule has 1 aliphatic heterocycles. The molecule has 0 radical (unpaired) electrons. The first-order valence-electron chi connectivity index (χ1n) is 14.0. The number of nitrogens with zero attached hydrogens (tertiary/aromatic N) is 7. The molecular formula is C29H32N10O. The molecule has 1 saturated heterocycles. The lowest BCUT2D eigenvalue weighted by molar-refractivity contribution is -0.120. The van der Waals surface area contributed by atoms with E-state index in [4.69, 9.17) is 4.98 Å². The second-order valence-electron chi connectivity index (χ2n) is 10.9. The molecule has 204 valence electrons. The molecule has 0 unspecified atom stereocenters. The normalized spacial score (nSPS) is 17.1. The Kier molecular flexibility index (Phi) is 6.35. The van der Waals surface area contributed by atoms with Crippen LogP contribution in [0.1, 0.15) is 32.1 Å². The summed E-state index contributed by atoms with van der Waals surface area (Å²) < 4.78 is 0. The van der Waals surface area contributed by atoms with Crippen LogP contribution in [0.5, 0.6) is 0 Å². The SMILES string of the molecule is CN1CCN(c2ccnc3[nH]c(-c4n[nH]c5ncc(-c6cncc(NC(=O)C7CCCCC7)c6)cc45)nc23)CC1. The molecule has 11 nitrogen and oxygen atoms in total. The van der Waals surface area contributed by atoms with E-state index in [9.17, 15) is 4.79 Å². The number of aromatic nitrogens is 7. The van der Waals surface area contributed by atoms with E-state index in [0.29, 0.717) is 22.9 Å². The van der Waals surface area contributed by atoms with Crippen LogP contribution in [-0.2, 0) is 4.79 Å². The first kappa shape index (κ1) is 24.6. The summed E-state index contributed by atoms with van der Waals surface area (Å²) in [7, 11) is 2.15. The predicted molar refractivity (Wildman–Crippen MR) is 155 cm³/mol. The van der Waals surface area contributed by atoms with Crippen molar-refractivity contribution in [3.8, 4) is 22.6 Å². The van der Waals surface area contributed by atoms with Crippen molar-refractivity contribution in [2.75, 3.05) is 43.4 Å². The van der Waals surface area contributed by atoms with Gasteiger partial charge >= 0.3 is 0 Å². The van der Waals surface area contributed by atoms with Crippen molar-refractivity contribution in [1.82, 2.24) is 40.0 Å². The van der Waals surface area contributed by atoms with Crippen LogP contribution in [0.4, 0.5) is 11.4 Å². The number of H-pyrrole nitrogens is 2. The lowest BCUT2D eigenvalue weighted by Crippen LogP contribution is -2.44. The Bertz CT molecular complexity index is 1680. The van der Waals surface area contributed by atoms with E-state index < -0.39 is 0 Å². The molecule has 6 heterocycles. The van der Waals surface area contributed by atoms with Gasteiger partial charge in [0.05, 0.1) is 23.0 Å². The number of nitrogens with one attached hydrogen (secondary N) is 3. The van der Waals surface area contributed by atoms with Crippen LogP contribution in [-0.4, -0.2) is 79.2 Å². The number of carbonyl (C=O) groups is 1. The highest BCUT2D eigenvalue weighted by Crippen LogP contribution is 2.32. The van der Waals surface area contributed by atoms with Gasteiger partial charge in [-0.2, -0.15) is 5.10 Å². The van der Waals surface area contributed by atoms with Crippen LogP contribution in [0.15, 0.2) is 43.0 Å². The maximum Gasteiger partial charge on any atom is 0.227 e. The summed E-state index contributed by atoms with van der Waals surface area (Å²) in [5.41, 5.74) is 6.45. The summed E-state index contributed by atoms with van der Waals surface area (Å²) in [6, 6.07) is 6.02. The van der Waals surface area contributed by atoms with Gasteiger partial charge in [0, 0.05) is 61.8 Å². The summed E-state index contributed by atoms with van der Waals surface area (Å²) in [4.78, 5) is 39.4. The molecule has 5 aromatic heterocycles. The fourth-order valence-electron chi connectivity index (χ4n) is 5.83. The molecule has 0 aromatic carbocycles. The van der Waals surface area contributed by atoms with Gasteiger partial charge in [0.1, 0.15) is 11.2 Å². The van der Waals surface area contributed by atoms with Crippen molar-refractivity contribution >= 4 is 39.5 Å². The van der Waals surface area contributed by atoms with E-state index in [0.717, 1.165) is 85.2 Å².